The first-order chi connectivity index (χ1) is 13.1. The van der Waals surface area contributed by atoms with E-state index in [2.05, 4.69) is 75.3 Å². The quantitative estimate of drug-likeness (QED) is 0.444. The van der Waals surface area contributed by atoms with Crippen LogP contribution in [0.25, 0.3) is 10.9 Å². The van der Waals surface area contributed by atoms with Crippen LogP contribution in [0.2, 0.25) is 0 Å². The molecule has 0 fully saturated rings. The molecule has 0 bridgehead atoms. The van der Waals surface area contributed by atoms with Crippen LogP contribution in [0.5, 0.6) is 0 Å². The van der Waals surface area contributed by atoms with Crippen molar-refractivity contribution in [3.8, 4) is 0 Å². The summed E-state index contributed by atoms with van der Waals surface area (Å²) in [7, 11) is 1.80. The standard InChI is InChI=1S/C21H30N6/c1-15(2)14-27-11-10-23-19(27)13-26-21(22-4)24-9-8-17-12-25-20-16(3)6-5-7-18(17)20/h5-7,10-12,15,25H,8-9,13-14H2,1-4H3,(H2,22,24,26). The van der Waals surface area contributed by atoms with Gasteiger partial charge < -0.3 is 20.2 Å². The van der Waals surface area contributed by atoms with Crippen LogP contribution in [-0.2, 0) is 19.5 Å². The van der Waals surface area contributed by atoms with Crippen molar-refractivity contribution in [2.45, 2.75) is 40.3 Å². The molecular formula is C21H30N6. The molecular weight excluding hydrogens is 336 g/mol. The van der Waals surface area contributed by atoms with Crippen LogP contribution in [-0.4, -0.2) is 34.1 Å². The third-order valence-corrected chi connectivity index (χ3v) is 4.70. The van der Waals surface area contributed by atoms with Crippen LogP contribution in [0.15, 0.2) is 41.8 Å². The summed E-state index contributed by atoms with van der Waals surface area (Å²) >= 11 is 0. The highest BCUT2D eigenvalue weighted by Gasteiger charge is 2.07. The Hall–Kier alpha value is -2.76. The molecule has 27 heavy (non-hydrogen) atoms. The van der Waals surface area contributed by atoms with Crippen molar-refractivity contribution < 1.29 is 0 Å². The molecule has 6 heteroatoms. The number of aryl methyl sites for hydroxylation is 1. The fourth-order valence-electron chi connectivity index (χ4n) is 3.34. The van der Waals surface area contributed by atoms with Gasteiger partial charge in [0.15, 0.2) is 5.96 Å². The van der Waals surface area contributed by atoms with Gasteiger partial charge in [-0.05, 0) is 30.4 Å². The van der Waals surface area contributed by atoms with Crippen LogP contribution in [0.1, 0.15) is 30.8 Å². The predicted molar refractivity (Wildman–Crippen MR) is 112 cm³/mol. The fraction of sp³-hybridized carbons (Fsp3) is 0.429. The Labute approximate surface area is 161 Å². The smallest absolute Gasteiger partial charge is 0.191 e. The second kappa shape index (κ2) is 8.75. The number of aliphatic imine (C=N–C) groups is 1. The third kappa shape index (κ3) is 4.70. The number of nitrogens with one attached hydrogen (secondary N) is 3. The van der Waals surface area contributed by atoms with Crippen molar-refractivity contribution in [2.75, 3.05) is 13.6 Å². The maximum absolute atomic E-state index is 4.45. The molecule has 0 amide bonds. The van der Waals surface area contributed by atoms with Gasteiger partial charge in [-0.3, -0.25) is 4.99 Å². The van der Waals surface area contributed by atoms with Crippen LogP contribution in [0, 0.1) is 12.8 Å². The lowest BCUT2D eigenvalue weighted by molar-refractivity contribution is 0.503. The summed E-state index contributed by atoms with van der Waals surface area (Å²) in [4.78, 5) is 12.2. The van der Waals surface area contributed by atoms with Crippen molar-refractivity contribution >= 4 is 16.9 Å². The number of hydrogen-bond acceptors (Lipinski definition) is 2. The van der Waals surface area contributed by atoms with Gasteiger partial charge in [0.1, 0.15) is 5.82 Å². The Morgan fingerprint density at radius 1 is 1.30 bits per heavy atom. The van der Waals surface area contributed by atoms with Crippen molar-refractivity contribution in [3.63, 3.8) is 0 Å². The fourth-order valence-corrected chi connectivity index (χ4v) is 3.34. The Balaban J connectivity index is 1.52. The first-order valence-corrected chi connectivity index (χ1v) is 9.58. The zero-order valence-electron chi connectivity index (χ0n) is 16.7. The molecule has 0 saturated carbocycles. The number of benzene rings is 1. The Morgan fingerprint density at radius 3 is 2.93 bits per heavy atom. The molecule has 0 aliphatic carbocycles. The highest BCUT2D eigenvalue weighted by molar-refractivity contribution is 5.86. The van der Waals surface area contributed by atoms with Gasteiger partial charge in [-0.25, -0.2) is 4.98 Å². The second-order valence-corrected chi connectivity index (χ2v) is 7.30. The van der Waals surface area contributed by atoms with E-state index < -0.39 is 0 Å². The minimum absolute atomic E-state index is 0.593. The molecule has 0 spiro atoms. The topological polar surface area (TPSA) is 70.0 Å². The maximum atomic E-state index is 4.45. The molecule has 2 aromatic heterocycles. The molecule has 3 aromatic rings. The Morgan fingerprint density at radius 2 is 2.15 bits per heavy atom. The molecule has 0 aliphatic rings. The molecule has 1 aromatic carbocycles. The van der Waals surface area contributed by atoms with E-state index in [1.165, 1.54) is 22.0 Å². The maximum Gasteiger partial charge on any atom is 0.191 e. The normalized spacial score (nSPS) is 12.1. The van der Waals surface area contributed by atoms with E-state index in [1.807, 2.05) is 12.4 Å². The molecule has 0 unspecified atom stereocenters. The van der Waals surface area contributed by atoms with E-state index in [0.29, 0.717) is 12.5 Å². The molecule has 144 valence electrons. The molecule has 0 radical (unpaired) electrons. The summed E-state index contributed by atoms with van der Waals surface area (Å²) in [6.07, 6.45) is 6.94. The Bertz CT molecular complexity index is 902. The lowest BCUT2D eigenvalue weighted by Gasteiger charge is -2.14. The van der Waals surface area contributed by atoms with E-state index >= 15 is 0 Å². The predicted octanol–water partition coefficient (Wildman–Crippen LogP) is 3.24. The van der Waals surface area contributed by atoms with Crippen molar-refractivity contribution in [1.82, 2.24) is 25.2 Å². The number of H-pyrrole nitrogens is 1. The summed E-state index contributed by atoms with van der Waals surface area (Å²) < 4.78 is 2.19. The Kier molecular flexibility index (Phi) is 6.16. The van der Waals surface area contributed by atoms with Crippen molar-refractivity contribution in [2.24, 2.45) is 10.9 Å². The van der Waals surface area contributed by atoms with Gasteiger partial charge in [-0.1, -0.05) is 32.0 Å². The number of para-hydroxylation sites is 1. The summed E-state index contributed by atoms with van der Waals surface area (Å²) in [5.74, 6) is 2.42. The number of imidazole rings is 1. The second-order valence-electron chi connectivity index (χ2n) is 7.30. The molecule has 2 heterocycles. The number of fused-ring (bicyclic) bond motifs is 1. The largest absolute Gasteiger partial charge is 0.361 e. The van der Waals surface area contributed by atoms with Crippen molar-refractivity contribution in [3.05, 3.63) is 53.7 Å². The van der Waals surface area contributed by atoms with Crippen LogP contribution in [0.3, 0.4) is 0 Å². The molecule has 3 N–H and O–H groups in total. The first-order valence-electron chi connectivity index (χ1n) is 9.58. The van der Waals surface area contributed by atoms with Gasteiger partial charge >= 0.3 is 0 Å². The van der Waals surface area contributed by atoms with Crippen LogP contribution >= 0.6 is 0 Å². The van der Waals surface area contributed by atoms with E-state index in [4.69, 9.17) is 0 Å². The molecule has 3 rings (SSSR count). The van der Waals surface area contributed by atoms with Gasteiger partial charge in [-0.15, -0.1) is 0 Å². The number of guanidine groups is 1. The number of hydrogen-bond donors (Lipinski definition) is 3. The SMILES string of the molecule is CN=C(NCCc1c[nH]c2c(C)cccc12)NCc1nccn1CC(C)C. The minimum Gasteiger partial charge on any atom is -0.361 e. The average molecular weight is 367 g/mol. The highest BCUT2D eigenvalue weighted by atomic mass is 15.2. The van der Waals surface area contributed by atoms with Gasteiger partial charge in [0.25, 0.3) is 0 Å². The number of nitrogens with zero attached hydrogens (tertiary/aromatic N) is 3. The molecule has 0 atom stereocenters. The number of rotatable bonds is 7. The van der Waals surface area contributed by atoms with Gasteiger partial charge in [0.2, 0.25) is 0 Å². The summed E-state index contributed by atoms with van der Waals surface area (Å²) in [5, 5.41) is 8.06. The summed E-state index contributed by atoms with van der Waals surface area (Å²) in [6.45, 7) is 9.01. The monoisotopic (exact) mass is 366 g/mol. The lowest BCUT2D eigenvalue weighted by atomic mass is 10.1. The zero-order valence-corrected chi connectivity index (χ0v) is 16.7. The third-order valence-electron chi connectivity index (χ3n) is 4.70. The zero-order chi connectivity index (χ0) is 19.2. The average Bonchev–Trinajstić information content (AvgIpc) is 3.25. The van der Waals surface area contributed by atoms with E-state index in [1.54, 1.807) is 7.05 Å². The lowest BCUT2D eigenvalue weighted by Crippen LogP contribution is -2.38. The number of aromatic nitrogens is 3. The van der Waals surface area contributed by atoms with E-state index in [-0.39, 0.29) is 0 Å². The van der Waals surface area contributed by atoms with Crippen molar-refractivity contribution in [1.29, 1.82) is 0 Å². The van der Waals surface area contributed by atoms with Gasteiger partial charge in [0.05, 0.1) is 6.54 Å². The molecule has 0 aliphatic heterocycles. The van der Waals surface area contributed by atoms with E-state index in [9.17, 15) is 0 Å². The highest BCUT2D eigenvalue weighted by Crippen LogP contribution is 2.21. The van der Waals surface area contributed by atoms with Crippen LogP contribution in [0.4, 0.5) is 0 Å². The molecule has 0 saturated heterocycles. The van der Waals surface area contributed by atoms with Gasteiger partial charge in [-0.2, -0.15) is 0 Å². The first kappa shape index (κ1) is 19.0. The molecule has 6 nitrogen and oxygen atoms in total. The summed E-state index contributed by atoms with van der Waals surface area (Å²) in [6, 6.07) is 6.42. The summed E-state index contributed by atoms with van der Waals surface area (Å²) in [5.41, 5.74) is 3.83. The van der Waals surface area contributed by atoms with Gasteiger partial charge in [0, 0.05) is 49.6 Å². The van der Waals surface area contributed by atoms with E-state index in [0.717, 1.165) is 31.3 Å². The van der Waals surface area contributed by atoms with Crippen LogP contribution < -0.4 is 10.6 Å². The minimum atomic E-state index is 0.593. The number of aromatic amines is 1.